The first-order chi connectivity index (χ1) is 13.1. The Hall–Kier alpha value is -3.15. The fourth-order valence-corrected chi connectivity index (χ4v) is 2.76. The molecule has 0 aliphatic carbocycles. The lowest BCUT2D eigenvalue weighted by molar-refractivity contribution is -0.132. The van der Waals surface area contributed by atoms with Crippen molar-refractivity contribution < 1.29 is 9.53 Å². The van der Waals surface area contributed by atoms with E-state index in [1.54, 1.807) is 22.8 Å². The van der Waals surface area contributed by atoms with Gasteiger partial charge in [-0.1, -0.05) is 25.1 Å². The van der Waals surface area contributed by atoms with Crippen molar-refractivity contribution in [3.63, 3.8) is 0 Å². The maximum Gasteiger partial charge on any atom is 0.260 e. The predicted octanol–water partition coefficient (Wildman–Crippen LogP) is 3.18. The predicted molar refractivity (Wildman–Crippen MR) is 104 cm³/mol. The Morgan fingerprint density at radius 3 is 2.70 bits per heavy atom. The number of ether oxygens (including phenoxy) is 1. The van der Waals surface area contributed by atoms with Gasteiger partial charge in [0.15, 0.2) is 6.61 Å². The van der Waals surface area contributed by atoms with Gasteiger partial charge in [0.05, 0.1) is 17.6 Å². The number of amides is 1. The summed E-state index contributed by atoms with van der Waals surface area (Å²) in [6, 6.07) is 13.6. The highest BCUT2D eigenvalue weighted by molar-refractivity contribution is 5.77. The average molecular weight is 364 g/mol. The van der Waals surface area contributed by atoms with Gasteiger partial charge in [0.1, 0.15) is 5.75 Å². The zero-order chi connectivity index (χ0) is 19.2. The minimum absolute atomic E-state index is 0.0128. The van der Waals surface area contributed by atoms with E-state index < -0.39 is 0 Å². The van der Waals surface area contributed by atoms with Crippen molar-refractivity contribution in [3.8, 4) is 11.4 Å². The summed E-state index contributed by atoms with van der Waals surface area (Å²) < 4.78 is 7.50. The van der Waals surface area contributed by atoms with E-state index in [4.69, 9.17) is 4.74 Å². The van der Waals surface area contributed by atoms with Crippen molar-refractivity contribution >= 4 is 5.91 Å². The second-order valence-corrected chi connectivity index (χ2v) is 6.42. The summed E-state index contributed by atoms with van der Waals surface area (Å²) >= 11 is 0. The van der Waals surface area contributed by atoms with Crippen LogP contribution in [0.4, 0.5) is 0 Å². The maximum atomic E-state index is 12.4. The van der Waals surface area contributed by atoms with E-state index >= 15 is 0 Å². The van der Waals surface area contributed by atoms with Crippen molar-refractivity contribution in [1.82, 2.24) is 19.7 Å². The molecule has 0 aliphatic rings. The van der Waals surface area contributed by atoms with E-state index in [9.17, 15) is 4.79 Å². The first-order valence-corrected chi connectivity index (χ1v) is 8.99. The highest BCUT2D eigenvalue weighted by Crippen LogP contribution is 2.17. The molecule has 3 aromatic rings. The van der Waals surface area contributed by atoms with Gasteiger partial charge in [-0.2, -0.15) is 5.10 Å². The van der Waals surface area contributed by atoms with Gasteiger partial charge in [-0.25, -0.2) is 4.68 Å². The number of carbonyl (C=O) groups excluding carboxylic acids is 1. The van der Waals surface area contributed by atoms with Crippen LogP contribution in [0.15, 0.2) is 54.9 Å². The molecule has 0 saturated heterocycles. The van der Waals surface area contributed by atoms with Crippen LogP contribution in [0.25, 0.3) is 5.69 Å². The van der Waals surface area contributed by atoms with Crippen molar-refractivity contribution in [1.29, 1.82) is 0 Å². The van der Waals surface area contributed by atoms with Gasteiger partial charge in [0.25, 0.3) is 5.91 Å². The lowest BCUT2D eigenvalue weighted by Crippen LogP contribution is -2.31. The average Bonchev–Trinajstić information content (AvgIpc) is 3.15. The largest absolute Gasteiger partial charge is 0.482 e. The summed E-state index contributed by atoms with van der Waals surface area (Å²) in [6.45, 7) is 4.42. The molecule has 3 rings (SSSR count). The fourth-order valence-electron chi connectivity index (χ4n) is 2.76. The van der Waals surface area contributed by atoms with E-state index in [-0.39, 0.29) is 12.5 Å². The summed E-state index contributed by atoms with van der Waals surface area (Å²) in [5, 5.41) is 4.36. The number of pyridine rings is 1. The Kier molecular flexibility index (Phi) is 5.86. The molecule has 140 valence electrons. The Labute approximate surface area is 159 Å². The van der Waals surface area contributed by atoms with Crippen LogP contribution in [0.1, 0.15) is 23.9 Å². The molecule has 6 nitrogen and oxygen atoms in total. The number of hydrogen-bond acceptors (Lipinski definition) is 4. The van der Waals surface area contributed by atoms with Crippen LogP contribution in [0.5, 0.6) is 5.75 Å². The Morgan fingerprint density at radius 1 is 1.19 bits per heavy atom. The molecule has 2 aromatic heterocycles. The van der Waals surface area contributed by atoms with Crippen LogP contribution in [0, 0.1) is 6.92 Å². The van der Waals surface area contributed by atoms with Crippen LogP contribution in [-0.4, -0.2) is 39.2 Å². The van der Waals surface area contributed by atoms with Gasteiger partial charge in [-0.05, 0) is 37.6 Å². The second kappa shape index (κ2) is 8.49. The third-order valence-electron chi connectivity index (χ3n) is 4.26. The minimum atomic E-state index is -0.0925. The zero-order valence-electron chi connectivity index (χ0n) is 15.9. The van der Waals surface area contributed by atoms with Gasteiger partial charge in [0.2, 0.25) is 0 Å². The van der Waals surface area contributed by atoms with Crippen LogP contribution in [0.2, 0.25) is 0 Å². The highest BCUT2D eigenvalue weighted by atomic mass is 16.5. The number of para-hydroxylation sites is 1. The monoisotopic (exact) mass is 364 g/mol. The number of likely N-dealkylation sites (N-methyl/N-ethyl adjacent to an activating group) is 1. The second-order valence-electron chi connectivity index (χ2n) is 6.42. The quantitative estimate of drug-likeness (QED) is 0.646. The Balaban J connectivity index is 1.58. The molecule has 0 atom stereocenters. The van der Waals surface area contributed by atoms with E-state index in [1.165, 1.54) is 0 Å². The summed E-state index contributed by atoms with van der Waals surface area (Å²) in [5.41, 5.74) is 3.76. The van der Waals surface area contributed by atoms with Crippen molar-refractivity contribution in [2.24, 2.45) is 0 Å². The first-order valence-electron chi connectivity index (χ1n) is 8.99. The fraction of sp³-hybridized carbons (Fsp3) is 0.286. The molecule has 0 radical (unpaired) electrons. The van der Waals surface area contributed by atoms with Gasteiger partial charge in [-0.15, -0.1) is 0 Å². The molecule has 0 aliphatic heterocycles. The summed E-state index contributed by atoms with van der Waals surface area (Å²) in [6.07, 6.45) is 4.47. The molecule has 0 spiro atoms. The van der Waals surface area contributed by atoms with Crippen LogP contribution in [-0.2, 0) is 17.8 Å². The molecule has 0 unspecified atom stereocenters. The molecule has 0 saturated carbocycles. The van der Waals surface area contributed by atoms with Gasteiger partial charge in [0, 0.05) is 31.0 Å². The summed E-state index contributed by atoms with van der Waals surface area (Å²) in [4.78, 5) is 18.5. The van der Waals surface area contributed by atoms with Crippen LogP contribution >= 0.6 is 0 Å². The van der Waals surface area contributed by atoms with E-state index in [1.807, 2.05) is 62.5 Å². The van der Waals surface area contributed by atoms with Gasteiger partial charge >= 0.3 is 0 Å². The molecule has 6 heteroatoms. The van der Waals surface area contributed by atoms with E-state index in [0.717, 1.165) is 29.1 Å². The maximum absolute atomic E-state index is 12.4. The van der Waals surface area contributed by atoms with Crippen LogP contribution < -0.4 is 4.74 Å². The molecule has 1 aromatic carbocycles. The van der Waals surface area contributed by atoms with Crippen molar-refractivity contribution in [2.75, 3.05) is 13.7 Å². The number of nitrogens with zero attached hydrogens (tertiary/aromatic N) is 4. The molecule has 0 N–H and O–H groups in total. The molecular weight excluding hydrogens is 340 g/mol. The minimum Gasteiger partial charge on any atom is -0.482 e. The topological polar surface area (TPSA) is 60.2 Å². The summed E-state index contributed by atoms with van der Waals surface area (Å²) in [5.74, 6) is 0.576. The van der Waals surface area contributed by atoms with Gasteiger partial charge < -0.3 is 9.64 Å². The third kappa shape index (κ3) is 4.73. The highest BCUT2D eigenvalue weighted by Gasteiger charge is 2.13. The normalized spacial score (nSPS) is 10.6. The lowest BCUT2D eigenvalue weighted by Gasteiger charge is -2.17. The first kappa shape index (κ1) is 18.6. The smallest absolute Gasteiger partial charge is 0.260 e. The summed E-state index contributed by atoms with van der Waals surface area (Å²) in [7, 11) is 1.76. The van der Waals surface area contributed by atoms with E-state index in [0.29, 0.717) is 12.3 Å². The van der Waals surface area contributed by atoms with E-state index in [2.05, 4.69) is 10.1 Å². The van der Waals surface area contributed by atoms with Crippen molar-refractivity contribution in [2.45, 2.75) is 26.8 Å². The number of rotatable bonds is 7. The molecule has 0 fully saturated rings. The van der Waals surface area contributed by atoms with Gasteiger partial charge in [-0.3, -0.25) is 9.78 Å². The molecule has 1 amide bonds. The number of carbonyl (C=O) groups is 1. The lowest BCUT2D eigenvalue weighted by atomic mass is 10.2. The number of aryl methyl sites for hydroxylation is 2. The Bertz CT molecular complexity index is 906. The SMILES string of the molecule is CCc1nc(C)ccc1OCC(=O)N(C)Cc1cnn(-c2ccccc2)c1. The molecular formula is C21H24N4O2. The molecule has 27 heavy (non-hydrogen) atoms. The number of aromatic nitrogens is 3. The van der Waals surface area contributed by atoms with Crippen molar-refractivity contribution in [3.05, 3.63) is 71.8 Å². The molecule has 0 bridgehead atoms. The third-order valence-corrected chi connectivity index (χ3v) is 4.26. The zero-order valence-corrected chi connectivity index (χ0v) is 15.9. The molecule has 2 heterocycles. The standard InChI is InChI=1S/C21H24N4O2/c1-4-19-20(11-10-16(2)23-19)27-15-21(26)24(3)13-17-12-22-25(14-17)18-8-6-5-7-9-18/h5-12,14H,4,13,15H2,1-3H3. The Morgan fingerprint density at radius 2 is 1.96 bits per heavy atom. The number of hydrogen-bond donors (Lipinski definition) is 0. The number of benzene rings is 1. The van der Waals surface area contributed by atoms with Crippen LogP contribution in [0.3, 0.4) is 0 Å².